The van der Waals surface area contributed by atoms with Crippen molar-refractivity contribution in [3.05, 3.63) is 46.7 Å². The van der Waals surface area contributed by atoms with E-state index in [1.54, 1.807) is 7.05 Å². The first kappa shape index (κ1) is 19.9. The van der Waals surface area contributed by atoms with Gasteiger partial charge in [0.15, 0.2) is 0 Å². The van der Waals surface area contributed by atoms with Crippen molar-refractivity contribution in [2.24, 2.45) is 7.05 Å². The Morgan fingerprint density at radius 3 is 2.70 bits per heavy atom. The zero-order chi connectivity index (χ0) is 19.4. The van der Waals surface area contributed by atoms with Gasteiger partial charge in [-0.1, -0.05) is 22.0 Å². The van der Waals surface area contributed by atoms with Gasteiger partial charge < -0.3 is 14.6 Å². The normalized spacial score (nSPS) is 15.0. The molecule has 1 aliphatic heterocycles. The molecule has 1 aromatic carbocycles. The van der Waals surface area contributed by atoms with Gasteiger partial charge in [-0.15, -0.1) is 0 Å². The van der Waals surface area contributed by atoms with E-state index in [1.165, 1.54) is 21.1 Å². The fourth-order valence-electron chi connectivity index (χ4n) is 2.96. The maximum Gasteiger partial charge on any atom is 0.268 e. The van der Waals surface area contributed by atoms with E-state index in [-0.39, 0.29) is 10.8 Å². The highest BCUT2D eigenvalue weighted by atomic mass is 79.9. The molecule has 1 N–H and O–H groups in total. The molecular weight excluding hydrogens is 434 g/mol. The number of amides is 1. The second-order valence-corrected chi connectivity index (χ2v) is 9.20. The Hall–Kier alpha value is -1.84. The molecule has 1 aromatic heterocycles. The van der Waals surface area contributed by atoms with Crippen LogP contribution < -0.4 is 10.1 Å². The number of carbonyl (C=O) groups is 1. The molecule has 2 heterocycles. The number of halogens is 1. The summed E-state index contributed by atoms with van der Waals surface area (Å²) >= 11 is 3.37. The molecule has 1 saturated heterocycles. The third-order valence-corrected chi connectivity index (χ3v) is 6.72. The molecule has 7 nitrogen and oxygen atoms in total. The molecule has 0 aliphatic carbocycles. The van der Waals surface area contributed by atoms with Gasteiger partial charge >= 0.3 is 0 Å². The maximum atomic E-state index is 12.6. The first-order valence-corrected chi connectivity index (χ1v) is 10.9. The lowest BCUT2D eigenvalue weighted by molar-refractivity contribution is 0.0939. The highest BCUT2D eigenvalue weighted by Crippen LogP contribution is 2.22. The Morgan fingerprint density at radius 2 is 2.00 bits per heavy atom. The molecule has 146 valence electrons. The van der Waals surface area contributed by atoms with Crippen LogP contribution in [-0.2, 0) is 17.1 Å². The number of sulfonamides is 1. The van der Waals surface area contributed by atoms with Crippen molar-refractivity contribution < 1.29 is 17.9 Å². The molecule has 0 atom stereocenters. The highest BCUT2D eigenvalue weighted by Gasteiger charge is 2.29. The van der Waals surface area contributed by atoms with Gasteiger partial charge in [0.2, 0.25) is 10.0 Å². The monoisotopic (exact) mass is 455 g/mol. The Bertz CT molecular complexity index is 920. The van der Waals surface area contributed by atoms with Crippen LogP contribution in [0.1, 0.15) is 23.3 Å². The molecule has 27 heavy (non-hydrogen) atoms. The summed E-state index contributed by atoms with van der Waals surface area (Å²) < 4.78 is 34.7. The van der Waals surface area contributed by atoms with Gasteiger partial charge in [0.1, 0.15) is 22.9 Å². The Labute approximate surface area is 167 Å². The summed E-state index contributed by atoms with van der Waals surface area (Å²) in [5.41, 5.74) is 0.301. The van der Waals surface area contributed by atoms with Crippen molar-refractivity contribution in [3.8, 4) is 5.75 Å². The molecule has 0 bridgehead atoms. The van der Waals surface area contributed by atoms with Crippen LogP contribution in [0, 0.1) is 0 Å². The van der Waals surface area contributed by atoms with Gasteiger partial charge in [0, 0.05) is 30.8 Å². The average molecular weight is 456 g/mol. The lowest BCUT2D eigenvalue weighted by Gasteiger charge is -2.13. The van der Waals surface area contributed by atoms with Crippen LogP contribution >= 0.6 is 15.9 Å². The standard InChI is InChI=1S/C18H22BrN3O4S/c1-21-13-16(27(24,25)22-8-2-3-9-22)12-17(21)18(23)20-7-10-26-15-6-4-5-14(19)11-15/h4-6,11-13H,2-3,7-10H2,1H3,(H,20,23). The molecule has 2 aromatic rings. The summed E-state index contributed by atoms with van der Waals surface area (Å²) in [5, 5.41) is 2.75. The number of benzene rings is 1. The van der Waals surface area contributed by atoms with Crippen molar-refractivity contribution in [3.63, 3.8) is 0 Å². The smallest absolute Gasteiger partial charge is 0.268 e. The number of hydrogen-bond donors (Lipinski definition) is 1. The average Bonchev–Trinajstić information content (AvgIpc) is 3.29. The van der Waals surface area contributed by atoms with Crippen LogP contribution in [0.5, 0.6) is 5.75 Å². The van der Waals surface area contributed by atoms with E-state index < -0.39 is 10.0 Å². The van der Waals surface area contributed by atoms with E-state index in [0.29, 0.717) is 37.7 Å². The van der Waals surface area contributed by atoms with E-state index in [2.05, 4.69) is 21.2 Å². The molecule has 1 amide bonds. The topological polar surface area (TPSA) is 80.6 Å². The molecule has 9 heteroatoms. The van der Waals surface area contributed by atoms with E-state index in [4.69, 9.17) is 4.74 Å². The number of hydrogen-bond acceptors (Lipinski definition) is 4. The van der Waals surface area contributed by atoms with E-state index in [1.807, 2.05) is 24.3 Å². The predicted molar refractivity (Wildman–Crippen MR) is 105 cm³/mol. The summed E-state index contributed by atoms with van der Waals surface area (Å²) in [7, 11) is -1.87. The van der Waals surface area contributed by atoms with Crippen LogP contribution in [0.3, 0.4) is 0 Å². The minimum absolute atomic E-state index is 0.155. The molecule has 1 fully saturated rings. The molecule has 0 radical (unpaired) electrons. The second-order valence-electron chi connectivity index (χ2n) is 6.34. The van der Waals surface area contributed by atoms with Crippen molar-refractivity contribution in [1.82, 2.24) is 14.2 Å². The number of aryl methyl sites for hydroxylation is 1. The van der Waals surface area contributed by atoms with Gasteiger partial charge in [-0.05, 0) is 37.1 Å². The molecule has 3 rings (SSSR count). The summed E-state index contributed by atoms with van der Waals surface area (Å²) in [4.78, 5) is 12.5. The quantitative estimate of drug-likeness (QED) is 0.649. The van der Waals surface area contributed by atoms with Crippen molar-refractivity contribution in [2.75, 3.05) is 26.2 Å². The first-order chi connectivity index (χ1) is 12.9. The minimum Gasteiger partial charge on any atom is -0.492 e. The third-order valence-electron chi connectivity index (χ3n) is 4.37. The van der Waals surface area contributed by atoms with E-state index in [9.17, 15) is 13.2 Å². The van der Waals surface area contributed by atoms with Crippen molar-refractivity contribution in [2.45, 2.75) is 17.7 Å². The number of aromatic nitrogens is 1. The maximum absolute atomic E-state index is 12.6. The highest BCUT2D eigenvalue weighted by molar-refractivity contribution is 9.10. The number of rotatable bonds is 7. The number of nitrogens with one attached hydrogen (secondary N) is 1. The van der Waals surface area contributed by atoms with Crippen LogP contribution in [-0.4, -0.2) is 49.4 Å². The lowest BCUT2D eigenvalue weighted by atomic mass is 10.3. The minimum atomic E-state index is -3.54. The Balaban J connectivity index is 1.58. The van der Waals surface area contributed by atoms with Gasteiger partial charge in [0.25, 0.3) is 5.91 Å². The van der Waals surface area contributed by atoms with Crippen LogP contribution in [0.4, 0.5) is 0 Å². The summed E-state index contributed by atoms with van der Waals surface area (Å²) in [6, 6.07) is 8.87. The van der Waals surface area contributed by atoms with Gasteiger partial charge in [0.05, 0.1) is 6.54 Å². The molecule has 0 unspecified atom stereocenters. The fraction of sp³-hybridized carbons (Fsp3) is 0.389. The van der Waals surface area contributed by atoms with Crippen LogP contribution in [0.2, 0.25) is 0 Å². The SMILES string of the molecule is Cn1cc(S(=O)(=O)N2CCCC2)cc1C(=O)NCCOc1cccc(Br)c1. The number of ether oxygens (including phenoxy) is 1. The van der Waals surface area contributed by atoms with Gasteiger partial charge in [-0.25, -0.2) is 8.42 Å². The summed E-state index contributed by atoms with van der Waals surface area (Å²) in [6.07, 6.45) is 3.23. The second kappa shape index (κ2) is 8.45. The lowest BCUT2D eigenvalue weighted by Crippen LogP contribution is -2.29. The third kappa shape index (κ3) is 4.72. The molecule has 0 saturated carbocycles. The molecule has 0 spiro atoms. The van der Waals surface area contributed by atoms with Crippen molar-refractivity contribution in [1.29, 1.82) is 0 Å². The number of carbonyl (C=O) groups excluding carboxylic acids is 1. The Kier molecular flexibility index (Phi) is 6.23. The number of nitrogens with zero attached hydrogens (tertiary/aromatic N) is 2. The zero-order valence-electron chi connectivity index (χ0n) is 15.0. The predicted octanol–water partition coefficient (Wildman–Crippen LogP) is 2.38. The summed E-state index contributed by atoms with van der Waals surface area (Å²) in [6.45, 7) is 1.69. The molecule has 1 aliphatic rings. The van der Waals surface area contributed by atoms with Crippen molar-refractivity contribution >= 4 is 31.9 Å². The van der Waals surface area contributed by atoms with E-state index in [0.717, 1.165) is 17.3 Å². The van der Waals surface area contributed by atoms with E-state index >= 15 is 0 Å². The fourth-order valence-corrected chi connectivity index (χ4v) is 4.93. The Morgan fingerprint density at radius 1 is 1.26 bits per heavy atom. The zero-order valence-corrected chi connectivity index (χ0v) is 17.4. The van der Waals surface area contributed by atoms with Crippen LogP contribution in [0.15, 0.2) is 45.9 Å². The largest absolute Gasteiger partial charge is 0.492 e. The first-order valence-electron chi connectivity index (χ1n) is 8.71. The van der Waals surface area contributed by atoms with Crippen LogP contribution in [0.25, 0.3) is 0 Å². The molecular formula is C18H22BrN3O4S. The van der Waals surface area contributed by atoms with Gasteiger partial charge in [-0.2, -0.15) is 4.31 Å². The summed E-state index contributed by atoms with van der Waals surface area (Å²) in [5.74, 6) is 0.370. The van der Waals surface area contributed by atoms with Gasteiger partial charge in [-0.3, -0.25) is 4.79 Å².